The molecule has 1 atom stereocenters. The van der Waals surface area contributed by atoms with Gasteiger partial charge in [0.25, 0.3) is 0 Å². The van der Waals surface area contributed by atoms with Crippen LogP contribution in [0.4, 0.5) is 0 Å². The molecule has 136 valence electrons. The van der Waals surface area contributed by atoms with Gasteiger partial charge in [0.05, 0.1) is 23.5 Å². The van der Waals surface area contributed by atoms with Gasteiger partial charge in [0.2, 0.25) is 10.0 Å². The zero-order valence-electron chi connectivity index (χ0n) is 15.0. The number of hydrogen-bond acceptors (Lipinski definition) is 4. The number of sulfonamides is 1. The van der Waals surface area contributed by atoms with Crippen molar-refractivity contribution in [3.63, 3.8) is 0 Å². The molecule has 1 aliphatic rings. The molecule has 0 bridgehead atoms. The second-order valence-electron chi connectivity index (χ2n) is 6.84. The smallest absolute Gasteiger partial charge is 0.218 e. The largest absolute Gasteiger partial charge is 0.272 e. The molecule has 0 aliphatic heterocycles. The highest BCUT2D eigenvalue weighted by molar-refractivity contribution is 7.88. The van der Waals surface area contributed by atoms with Crippen molar-refractivity contribution in [3.05, 3.63) is 59.5 Å². The zero-order valence-corrected chi connectivity index (χ0v) is 15.8. The molecule has 0 radical (unpaired) electrons. The molecule has 0 saturated heterocycles. The van der Waals surface area contributed by atoms with Gasteiger partial charge in [-0.25, -0.2) is 8.42 Å². The fourth-order valence-corrected chi connectivity index (χ4v) is 5.27. The molecule has 2 heterocycles. The summed E-state index contributed by atoms with van der Waals surface area (Å²) in [7, 11) is 0.114. The third-order valence-corrected chi connectivity index (χ3v) is 7.08. The Morgan fingerprint density at radius 2 is 2.08 bits per heavy atom. The van der Waals surface area contributed by atoms with E-state index in [0.717, 1.165) is 47.0 Å². The number of nitrogens with zero attached hydrogens (tertiary/aromatic N) is 4. The van der Waals surface area contributed by atoms with Gasteiger partial charge in [-0.1, -0.05) is 24.3 Å². The maximum atomic E-state index is 13.1. The Bertz CT molecular complexity index is 1050. The highest BCUT2D eigenvalue weighted by atomic mass is 32.2. The minimum absolute atomic E-state index is 0.0516. The summed E-state index contributed by atoms with van der Waals surface area (Å²) < 4.78 is 29.6. The average Bonchev–Trinajstić information content (AvgIpc) is 3.02. The summed E-state index contributed by atoms with van der Waals surface area (Å²) in [4.78, 5) is 4.38. The maximum absolute atomic E-state index is 13.1. The standard InChI is InChI=1S/C19H22N4O2S/c1-22-17-9-4-10-18(16(17)12-21-22)23(2)26(24,25)13-15-7-3-6-14-8-5-11-20-19(14)15/h3,5-8,11-12,18H,4,9-10,13H2,1-2H3. The SMILES string of the molecule is CN(C1CCCc2c1cnn2C)S(=O)(=O)Cc1cccc2cccnc12. The first-order valence-electron chi connectivity index (χ1n) is 8.76. The lowest BCUT2D eigenvalue weighted by atomic mass is 9.93. The molecule has 4 rings (SSSR count). The van der Waals surface area contributed by atoms with E-state index in [-0.39, 0.29) is 11.8 Å². The van der Waals surface area contributed by atoms with Gasteiger partial charge in [-0.2, -0.15) is 9.40 Å². The van der Waals surface area contributed by atoms with Crippen molar-refractivity contribution >= 4 is 20.9 Å². The van der Waals surface area contributed by atoms with E-state index in [1.54, 1.807) is 13.2 Å². The summed E-state index contributed by atoms with van der Waals surface area (Å²) in [5.74, 6) is -0.0516. The lowest BCUT2D eigenvalue weighted by Gasteiger charge is -2.30. The Kier molecular flexibility index (Phi) is 4.28. The Labute approximate surface area is 153 Å². The van der Waals surface area contributed by atoms with Crippen LogP contribution in [0, 0.1) is 0 Å². The summed E-state index contributed by atoms with van der Waals surface area (Å²) in [5, 5.41) is 5.28. The highest BCUT2D eigenvalue weighted by Crippen LogP contribution is 2.35. The van der Waals surface area contributed by atoms with Crippen LogP contribution < -0.4 is 0 Å². The van der Waals surface area contributed by atoms with Crippen molar-refractivity contribution in [2.75, 3.05) is 7.05 Å². The Hall–Kier alpha value is -2.25. The van der Waals surface area contributed by atoms with Crippen molar-refractivity contribution < 1.29 is 8.42 Å². The van der Waals surface area contributed by atoms with Crippen molar-refractivity contribution in [1.82, 2.24) is 19.1 Å². The number of rotatable bonds is 4. The number of fused-ring (bicyclic) bond motifs is 2. The van der Waals surface area contributed by atoms with E-state index in [9.17, 15) is 8.42 Å². The third kappa shape index (κ3) is 2.91. The van der Waals surface area contributed by atoms with Crippen LogP contribution >= 0.6 is 0 Å². The Morgan fingerprint density at radius 3 is 2.92 bits per heavy atom. The Morgan fingerprint density at radius 1 is 1.27 bits per heavy atom. The molecule has 6 nitrogen and oxygen atoms in total. The van der Waals surface area contributed by atoms with Crippen molar-refractivity contribution in [1.29, 1.82) is 0 Å². The van der Waals surface area contributed by atoms with E-state index < -0.39 is 10.0 Å². The molecule has 2 aromatic heterocycles. The van der Waals surface area contributed by atoms with Gasteiger partial charge in [-0.3, -0.25) is 9.67 Å². The molecule has 0 saturated carbocycles. The van der Waals surface area contributed by atoms with E-state index in [0.29, 0.717) is 0 Å². The second kappa shape index (κ2) is 6.48. The molecule has 0 amide bonds. The molecule has 3 aromatic rings. The predicted molar refractivity (Wildman–Crippen MR) is 101 cm³/mol. The minimum Gasteiger partial charge on any atom is -0.272 e. The van der Waals surface area contributed by atoms with Crippen LogP contribution in [0.5, 0.6) is 0 Å². The number of para-hydroxylation sites is 1. The Balaban J connectivity index is 1.67. The summed E-state index contributed by atoms with van der Waals surface area (Å²) >= 11 is 0. The molecule has 1 unspecified atom stereocenters. The minimum atomic E-state index is -3.48. The van der Waals surface area contributed by atoms with E-state index in [4.69, 9.17) is 0 Å². The van der Waals surface area contributed by atoms with Crippen molar-refractivity contribution in [2.45, 2.75) is 31.1 Å². The monoisotopic (exact) mass is 370 g/mol. The van der Waals surface area contributed by atoms with Crippen LogP contribution in [0.2, 0.25) is 0 Å². The number of benzene rings is 1. The third-order valence-electron chi connectivity index (χ3n) is 5.28. The fraction of sp³-hybridized carbons (Fsp3) is 0.368. The van der Waals surface area contributed by atoms with Gasteiger partial charge >= 0.3 is 0 Å². The average molecular weight is 370 g/mol. The fourth-order valence-electron chi connectivity index (χ4n) is 3.84. The van der Waals surface area contributed by atoms with Crippen LogP contribution in [0.3, 0.4) is 0 Å². The lowest BCUT2D eigenvalue weighted by molar-refractivity contribution is 0.334. The van der Waals surface area contributed by atoms with E-state index >= 15 is 0 Å². The van der Waals surface area contributed by atoms with Gasteiger partial charge in [0, 0.05) is 36.9 Å². The number of aryl methyl sites for hydroxylation is 1. The van der Waals surface area contributed by atoms with Crippen LogP contribution in [-0.4, -0.2) is 34.5 Å². The molecular weight excluding hydrogens is 348 g/mol. The first-order valence-corrected chi connectivity index (χ1v) is 10.4. The summed E-state index contributed by atoms with van der Waals surface area (Å²) in [6.07, 6.45) is 6.24. The van der Waals surface area contributed by atoms with E-state index in [2.05, 4.69) is 10.1 Å². The van der Waals surface area contributed by atoms with Gasteiger partial charge < -0.3 is 0 Å². The van der Waals surface area contributed by atoms with Gasteiger partial charge in [0.15, 0.2) is 0 Å². The highest BCUT2D eigenvalue weighted by Gasteiger charge is 2.33. The molecule has 0 fully saturated rings. The first kappa shape index (κ1) is 17.2. The molecule has 7 heteroatoms. The quantitative estimate of drug-likeness (QED) is 0.708. The van der Waals surface area contributed by atoms with E-state index in [1.165, 1.54) is 4.31 Å². The van der Waals surface area contributed by atoms with Gasteiger partial charge in [-0.15, -0.1) is 0 Å². The van der Waals surface area contributed by atoms with Crippen LogP contribution in [0.1, 0.15) is 35.7 Å². The lowest BCUT2D eigenvalue weighted by Crippen LogP contribution is -2.34. The van der Waals surface area contributed by atoms with Crippen LogP contribution in [-0.2, 0) is 29.2 Å². The zero-order chi connectivity index (χ0) is 18.3. The summed E-state index contributed by atoms with van der Waals surface area (Å²) in [5.41, 5.74) is 3.64. The van der Waals surface area contributed by atoms with Gasteiger partial charge in [0.1, 0.15) is 0 Å². The molecule has 0 spiro atoms. The maximum Gasteiger partial charge on any atom is 0.218 e. The summed E-state index contributed by atoms with van der Waals surface area (Å²) in [6.45, 7) is 0. The number of aromatic nitrogens is 3. The van der Waals surface area contributed by atoms with Crippen LogP contribution in [0.15, 0.2) is 42.7 Å². The summed E-state index contributed by atoms with van der Waals surface area (Å²) in [6, 6.07) is 9.33. The molecular formula is C19H22N4O2S. The number of pyridine rings is 1. The molecule has 1 aliphatic carbocycles. The number of hydrogen-bond donors (Lipinski definition) is 0. The predicted octanol–water partition coefficient (Wildman–Crippen LogP) is 2.81. The van der Waals surface area contributed by atoms with Crippen LogP contribution in [0.25, 0.3) is 10.9 Å². The van der Waals surface area contributed by atoms with Crippen molar-refractivity contribution in [3.8, 4) is 0 Å². The van der Waals surface area contributed by atoms with Gasteiger partial charge in [-0.05, 0) is 30.9 Å². The molecule has 26 heavy (non-hydrogen) atoms. The normalized spacial score (nSPS) is 17.6. The first-order chi connectivity index (χ1) is 12.5. The molecule has 0 N–H and O–H groups in total. The topological polar surface area (TPSA) is 68.1 Å². The van der Waals surface area contributed by atoms with E-state index in [1.807, 2.05) is 48.3 Å². The van der Waals surface area contributed by atoms with Crippen molar-refractivity contribution in [2.24, 2.45) is 7.05 Å². The second-order valence-corrected chi connectivity index (χ2v) is 8.87. The molecule has 1 aromatic carbocycles.